The lowest BCUT2D eigenvalue weighted by atomic mass is 10.1. The van der Waals surface area contributed by atoms with Crippen molar-refractivity contribution in [3.63, 3.8) is 0 Å². The molecule has 1 amide bonds. The molecule has 30 heavy (non-hydrogen) atoms. The molecule has 1 aliphatic heterocycles. The quantitative estimate of drug-likeness (QED) is 0.659. The molecule has 0 saturated carbocycles. The fourth-order valence-corrected chi connectivity index (χ4v) is 5.49. The van der Waals surface area contributed by atoms with Gasteiger partial charge in [0.2, 0.25) is 15.2 Å². The van der Waals surface area contributed by atoms with Crippen LogP contribution in [0.4, 0.5) is 10.8 Å². The van der Waals surface area contributed by atoms with Crippen molar-refractivity contribution in [1.29, 1.82) is 0 Å². The Morgan fingerprint density at radius 3 is 2.47 bits per heavy atom. The summed E-state index contributed by atoms with van der Waals surface area (Å²) in [5.41, 5.74) is 1.08. The summed E-state index contributed by atoms with van der Waals surface area (Å²) in [4.78, 5) is 15.4. The Balaban J connectivity index is 1.94. The van der Waals surface area contributed by atoms with Crippen molar-refractivity contribution in [2.45, 2.75) is 50.3 Å². The van der Waals surface area contributed by atoms with Gasteiger partial charge < -0.3 is 4.90 Å². The second-order valence-corrected chi connectivity index (χ2v) is 10.7. The Morgan fingerprint density at radius 1 is 1.20 bits per heavy atom. The van der Waals surface area contributed by atoms with Gasteiger partial charge in [-0.3, -0.25) is 10.1 Å². The van der Waals surface area contributed by atoms with Crippen LogP contribution in [0.1, 0.15) is 60.8 Å². The molecule has 0 radical (unpaired) electrons. The molecule has 0 aliphatic carbocycles. The van der Waals surface area contributed by atoms with Crippen molar-refractivity contribution >= 4 is 38.1 Å². The fraction of sp³-hybridized carbons (Fsp3) is 0.550. The molecular weight excluding hydrogens is 422 g/mol. The zero-order chi connectivity index (χ0) is 21.9. The zero-order valence-electron chi connectivity index (χ0n) is 17.9. The van der Waals surface area contributed by atoms with E-state index < -0.39 is 10.0 Å². The summed E-state index contributed by atoms with van der Waals surface area (Å²) in [5, 5.41) is 12.5. The molecule has 0 unspecified atom stereocenters. The van der Waals surface area contributed by atoms with Crippen LogP contribution in [-0.2, 0) is 10.0 Å². The number of rotatable bonds is 8. The third-order valence-corrected chi connectivity index (χ3v) is 8.25. The van der Waals surface area contributed by atoms with Crippen LogP contribution in [0.3, 0.4) is 0 Å². The minimum absolute atomic E-state index is 0.0931. The van der Waals surface area contributed by atoms with Gasteiger partial charge in [-0.25, -0.2) is 12.7 Å². The Kier molecular flexibility index (Phi) is 7.10. The smallest absolute Gasteiger partial charge is 0.259 e. The average Bonchev–Trinajstić information content (AvgIpc) is 3.41. The van der Waals surface area contributed by atoms with Crippen LogP contribution in [0, 0.1) is 0 Å². The molecule has 0 bridgehead atoms. The number of carbonyl (C=O) groups excluding carboxylic acids is 1. The van der Waals surface area contributed by atoms with Gasteiger partial charge in [0.1, 0.15) is 5.01 Å². The highest BCUT2D eigenvalue weighted by molar-refractivity contribution is 7.89. The summed E-state index contributed by atoms with van der Waals surface area (Å²) in [5.74, 6) is -0.0539. The van der Waals surface area contributed by atoms with Crippen molar-refractivity contribution in [3.05, 3.63) is 28.8 Å². The molecule has 0 atom stereocenters. The summed E-state index contributed by atoms with van der Waals surface area (Å²) < 4.78 is 26.3. The highest BCUT2D eigenvalue weighted by Gasteiger charge is 2.25. The van der Waals surface area contributed by atoms with Gasteiger partial charge in [-0.15, -0.1) is 10.2 Å². The van der Waals surface area contributed by atoms with Crippen molar-refractivity contribution in [1.82, 2.24) is 14.5 Å². The van der Waals surface area contributed by atoms with Gasteiger partial charge in [0.25, 0.3) is 5.91 Å². The van der Waals surface area contributed by atoms with Crippen molar-refractivity contribution in [2.75, 3.05) is 37.4 Å². The van der Waals surface area contributed by atoms with Gasteiger partial charge in [0.15, 0.2) is 0 Å². The molecule has 3 rings (SSSR count). The summed E-state index contributed by atoms with van der Waals surface area (Å²) in [6.07, 6.45) is 4.02. The Bertz CT molecular complexity index is 994. The van der Waals surface area contributed by atoms with E-state index in [1.807, 2.05) is 0 Å². The molecule has 10 heteroatoms. The minimum atomic E-state index is -3.65. The van der Waals surface area contributed by atoms with Crippen LogP contribution < -0.4 is 10.2 Å². The predicted molar refractivity (Wildman–Crippen MR) is 120 cm³/mol. The molecule has 1 aromatic carbocycles. The first kappa shape index (κ1) is 22.6. The number of amides is 1. The maximum atomic E-state index is 13.2. The molecule has 1 aliphatic rings. The molecule has 2 aromatic rings. The number of anilines is 2. The van der Waals surface area contributed by atoms with E-state index in [-0.39, 0.29) is 10.8 Å². The average molecular weight is 452 g/mol. The van der Waals surface area contributed by atoms with Crippen molar-refractivity contribution in [2.24, 2.45) is 0 Å². The summed E-state index contributed by atoms with van der Waals surface area (Å²) >= 11 is 1.37. The Hall–Kier alpha value is -2.04. The van der Waals surface area contributed by atoms with E-state index in [4.69, 9.17) is 0 Å². The molecule has 1 saturated heterocycles. The van der Waals surface area contributed by atoms with Crippen LogP contribution in [0.2, 0.25) is 0 Å². The standard InChI is InChI=1S/C20H29N5O3S2/c1-5-14(6-2)19-22-23-20(29-19)21-18(26)16-13-15(30(27,28)24(3)4)9-10-17(16)25-11-7-8-12-25/h9-10,13-14H,5-8,11-12H2,1-4H3,(H,21,23,26). The van der Waals surface area contributed by atoms with Crippen LogP contribution in [0.25, 0.3) is 0 Å². The highest BCUT2D eigenvalue weighted by Crippen LogP contribution is 2.31. The van der Waals surface area contributed by atoms with Gasteiger partial charge in [0, 0.05) is 38.8 Å². The SMILES string of the molecule is CCC(CC)c1nnc(NC(=O)c2cc(S(=O)(=O)N(C)C)ccc2N2CCCC2)s1. The number of hydrogen-bond acceptors (Lipinski definition) is 7. The molecule has 1 aromatic heterocycles. The maximum absolute atomic E-state index is 13.2. The molecule has 164 valence electrons. The van der Waals surface area contributed by atoms with E-state index in [1.165, 1.54) is 31.5 Å². The lowest BCUT2D eigenvalue weighted by Crippen LogP contribution is -2.25. The number of hydrogen-bond donors (Lipinski definition) is 1. The Labute approximate surface area is 182 Å². The van der Waals surface area contributed by atoms with Crippen LogP contribution in [0.15, 0.2) is 23.1 Å². The predicted octanol–water partition coefficient (Wildman–Crippen LogP) is 3.54. The third kappa shape index (κ3) is 4.65. The number of aromatic nitrogens is 2. The molecule has 0 spiro atoms. The number of carbonyl (C=O) groups is 1. The molecule has 1 fully saturated rings. The number of sulfonamides is 1. The number of nitrogens with zero attached hydrogens (tertiary/aromatic N) is 4. The van der Waals surface area contributed by atoms with Gasteiger partial charge in [-0.2, -0.15) is 0 Å². The van der Waals surface area contributed by atoms with E-state index in [0.717, 1.165) is 53.8 Å². The normalized spacial score (nSPS) is 14.7. The molecule has 2 heterocycles. The van der Waals surface area contributed by atoms with E-state index >= 15 is 0 Å². The van der Waals surface area contributed by atoms with Gasteiger partial charge >= 0.3 is 0 Å². The Morgan fingerprint density at radius 2 is 1.87 bits per heavy atom. The fourth-order valence-electron chi connectivity index (χ4n) is 3.55. The van der Waals surface area contributed by atoms with E-state index in [9.17, 15) is 13.2 Å². The second kappa shape index (κ2) is 9.40. The molecule has 8 nitrogen and oxygen atoms in total. The number of nitrogens with one attached hydrogen (secondary N) is 1. The first-order valence-electron chi connectivity index (χ1n) is 10.2. The number of benzene rings is 1. The van der Waals surface area contributed by atoms with E-state index in [2.05, 4.69) is 34.3 Å². The highest BCUT2D eigenvalue weighted by atomic mass is 32.2. The van der Waals surface area contributed by atoms with Gasteiger partial charge in [-0.1, -0.05) is 25.2 Å². The third-order valence-electron chi connectivity index (χ3n) is 5.43. The summed E-state index contributed by atoms with van der Waals surface area (Å²) in [6, 6.07) is 4.75. The molecular formula is C20H29N5O3S2. The van der Waals surface area contributed by atoms with Crippen LogP contribution >= 0.6 is 11.3 Å². The first-order chi connectivity index (χ1) is 14.3. The van der Waals surface area contributed by atoms with Crippen LogP contribution in [-0.4, -0.2) is 56.0 Å². The van der Waals surface area contributed by atoms with Gasteiger partial charge in [-0.05, 0) is 43.9 Å². The van der Waals surface area contributed by atoms with E-state index in [1.54, 1.807) is 12.1 Å². The van der Waals surface area contributed by atoms with E-state index in [0.29, 0.717) is 16.6 Å². The first-order valence-corrected chi connectivity index (χ1v) is 12.5. The van der Waals surface area contributed by atoms with Crippen molar-refractivity contribution < 1.29 is 13.2 Å². The molecule has 1 N–H and O–H groups in total. The maximum Gasteiger partial charge on any atom is 0.259 e. The van der Waals surface area contributed by atoms with Crippen LogP contribution in [0.5, 0.6) is 0 Å². The summed E-state index contributed by atoms with van der Waals surface area (Å²) in [6.45, 7) is 5.90. The minimum Gasteiger partial charge on any atom is -0.371 e. The summed E-state index contributed by atoms with van der Waals surface area (Å²) in [7, 11) is -0.698. The largest absolute Gasteiger partial charge is 0.371 e. The topological polar surface area (TPSA) is 95.5 Å². The lowest BCUT2D eigenvalue weighted by Gasteiger charge is -2.22. The van der Waals surface area contributed by atoms with Gasteiger partial charge in [0.05, 0.1) is 10.5 Å². The zero-order valence-corrected chi connectivity index (χ0v) is 19.5. The lowest BCUT2D eigenvalue weighted by molar-refractivity contribution is 0.102. The second-order valence-electron chi connectivity index (χ2n) is 7.57. The van der Waals surface area contributed by atoms with Crippen molar-refractivity contribution in [3.8, 4) is 0 Å². The monoisotopic (exact) mass is 451 g/mol.